The average Bonchev–Trinajstić information content (AvgIpc) is 2.41. The number of aryl methyl sites for hydroxylation is 3. The van der Waals surface area contributed by atoms with Crippen LogP contribution in [0.1, 0.15) is 40.8 Å². The van der Waals surface area contributed by atoms with Gasteiger partial charge in [-0.3, -0.25) is 0 Å². The Morgan fingerprint density at radius 3 is 2.38 bits per heavy atom. The van der Waals surface area contributed by atoms with Crippen molar-refractivity contribution in [1.29, 1.82) is 0 Å². The van der Waals surface area contributed by atoms with Crippen LogP contribution in [0.4, 0.5) is 4.39 Å². The van der Waals surface area contributed by atoms with Crippen LogP contribution in [0.25, 0.3) is 0 Å². The number of benzene rings is 2. The van der Waals surface area contributed by atoms with Crippen LogP contribution >= 0.6 is 0 Å². The van der Waals surface area contributed by atoms with Gasteiger partial charge in [0.25, 0.3) is 0 Å². The average molecular weight is 285 g/mol. The lowest BCUT2D eigenvalue weighted by molar-refractivity contribution is 0.542. The summed E-state index contributed by atoms with van der Waals surface area (Å²) in [5, 5.41) is 3.47. The van der Waals surface area contributed by atoms with Crippen LogP contribution in [0.15, 0.2) is 36.4 Å². The first kappa shape index (κ1) is 15.7. The van der Waals surface area contributed by atoms with E-state index in [0.29, 0.717) is 0 Å². The van der Waals surface area contributed by atoms with Crippen LogP contribution in [0.5, 0.6) is 0 Å². The minimum absolute atomic E-state index is 0.145. The second-order valence-electron chi connectivity index (χ2n) is 5.79. The Bertz CT molecular complexity index is 599. The van der Waals surface area contributed by atoms with E-state index in [0.717, 1.165) is 24.1 Å². The molecule has 0 heterocycles. The molecular formula is C19H24FN. The Morgan fingerprint density at radius 2 is 1.76 bits per heavy atom. The molecule has 0 saturated heterocycles. The fourth-order valence-electron chi connectivity index (χ4n) is 2.69. The summed E-state index contributed by atoms with van der Waals surface area (Å²) in [7, 11) is 0. The second-order valence-corrected chi connectivity index (χ2v) is 5.79. The Kier molecular flexibility index (Phi) is 5.13. The largest absolute Gasteiger partial charge is 0.310 e. The zero-order valence-electron chi connectivity index (χ0n) is 13.3. The molecule has 0 bridgehead atoms. The van der Waals surface area contributed by atoms with E-state index in [4.69, 9.17) is 0 Å². The zero-order valence-corrected chi connectivity index (χ0v) is 13.3. The number of likely N-dealkylation sites (N-methyl/N-ethyl adjacent to an activating group) is 1. The first-order valence-corrected chi connectivity index (χ1v) is 7.56. The fraction of sp³-hybridized carbons (Fsp3) is 0.368. The van der Waals surface area contributed by atoms with E-state index in [1.54, 1.807) is 12.1 Å². The molecule has 0 amide bonds. The summed E-state index contributed by atoms with van der Waals surface area (Å²) in [5.74, 6) is -0.159. The molecule has 2 rings (SSSR count). The Labute approximate surface area is 127 Å². The van der Waals surface area contributed by atoms with Gasteiger partial charge >= 0.3 is 0 Å². The molecule has 0 fully saturated rings. The van der Waals surface area contributed by atoms with Gasteiger partial charge in [-0.1, -0.05) is 31.2 Å². The minimum Gasteiger partial charge on any atom is -0.310 e. The molecular weight excluding hydrogens is 261 g/mol. The highest BCUT2D eigenvalue weighted by molar-refractivity contribution is 5.33. The molecule has 0 saturated carbocycles. The number of hydrogen-bond donors (Lipinski definition) is 1. The molecule has 2 aromatic rings. The number of halogens is 1. The number of hydrogen-bond acceptors (Lipinski definition) is 1. The fourth-order valence-corrected chi connectivity index (χ4v) is 2.69. The van der Waals surface area contributed by atoms with Crippen molar-refractivity contribution in [2.75, 3.05) is 6.54 Å². The lowest BCUT2D eigenvalue weighted by atomic mass is 9.95. The molecule has 1 N–H and O–H groups in total. The zero-order chi connectivity index (χ0) is 15.4. The third-order valence-corrected chi connectivity index (χ3v) is 3.93. The first-order chi connectivity index (χ1) is 9.99. The standard InChI is InChI=1S/C19H24FN/c1-5-21-19(17-8-13(2)9-18(20)12-17)11-16-7-6-14(3)15(4)10-16/h6-10,12,19,21H,5,11H2,1-4H3. The summed E-state index contributed by atoms with van der Waals surface area (Å²) >= 11 is 0. The van der Waals surface area contributed by atoms with Gasteiger partial charge in [0, 0.05) is 6.04 Å². The van der Waals surface area contributed by atoms with Crippen molar-refractivity contribution in [3.05, 3.63) is 70.0 Å². The highest BCUT2D eigenvalue weighted by Gasteiger charge is 2.13. The van der Waals surface area contributed by atoms with Gasteiger partial charge in [-0.05, 0) is 73.7 Å². The van der Waals surface area contributed by atoms with E-state index in [1.165, 1.54) is 16.7 Å². The van der Waals surface area contributed by atoms with Crippen molar-refractivity contribution >= 4 is 0 Å². The molecule has 0 aliphatic rings. The highest BCUT2D eigenvalue weighted by atomic mass is 19.1. The molecule has 2 heteroatoms. The quantitative estimate of drug-likeness (QED) is 0.843. The van der Waals surface area contributed by atoms with Crippen molar-refractivity contribution < 1.29 is 4.39 Å². The predicted molar refractivity (Wildman–Crippen MR) is 87.2 cm³/mol. The van der Waals surface area contributed by atoms with Crippen molar-refractivity contribution in [1.82, 2.24) is 5.32 Å². The van der Waals surface area contributed by atoms with Gasteiger partial charge in [-0.15, -0.1) is 0 Å². The van der Waals surface area contributed by atoms with Gasteiger partial charge in [-0.2, -0.15) is 0 Å². The van der Waals surface area contributed by atoms with Crippen molar-refractivity contribution in [3.8, 4) is 0 Å². The Balaban J connectivity index is 2.27. The monoisotopic (exact) mass is 285 g/mol. The predicted octanol–water partition coefficient (Wildman–Crippen LogP) is 4.64. The van der Waals surface area contributed by atoms with Crippen molar-refractivity contribution in [2.45, 2.75) is 40.2 Å². The topological polar surface area (TPSA) is 12.0 Å². The molecule has 0 aliphatic heterocycles. The Morgan fingerprint density at radius 1 is 1.00 bits per heavy atom. The molecule has 112 valence electrons. The molecule has 1 atom stereocenters. The molecule has 2 aromatic carbocycles. The van der Waals surface area contributed by atoms with Crippen LogP contribution in [0.2, 0.25) is 0 Å². The second kappa shape index (κ2) is 6.86. The maximum atomic E-state index is 13.7. The smallest absolute Gasteiger partial charge is 0.123 e. The summed E-state index contributed by atoms with van der Waals surface area (Å²) in [6.07, 6.45) is 0.873. The van der Waals surface area contributed by atoms with Crippen LogP contribution in [-0.4, -0.2) is 6.54 Å². The van der Waals surface area contributed by atoms with E-state index in [2.05, 4.69) is 50.4 Å². The van der Waals surface area contributed by atoms with Gasteiger partial charge in [0.2, 0.25) is 0 Å². The number of nitrogens with one attached hydrogen (secondary N) is 1. The summed E-state index contributed by atoms with van der Waals surface area (Å²) in [6, 6.07) is 12.0. The summed E-state index contributed by atoms with van der Waals surface area (Å²) in [5.41, 5.74) is 5.88. The van der Waals surface area contributed by atoms with Crippen LogP contribution in [0.3, 0.4) is 0 Å². The maximum absolute atomic E-state index is 13.7. The summed E-state index contributed by atoms with van der Waals surface area (Å²) < 4.78 is 13.7. The molecule has 0 spiro atoms. The normalized spacial score (nSPS) is 12.4. The number of rotatable bonds is 5. The lowest BCUT2D eigenvalue weighted by Gasteiger charge is -2.20. The molecule has 1 nitrogen and oxygen atoms in total. The molecule has 0 aliphatic carbocycles. The summed E-state index contributed by atoms with van der Waals surface area (Å²) in [6.45, 7) is 9.14. The van der Waals surface area contributed by atoms with Crippen LogP contribution < -0.4 is 5.32 Å². The van der Waals surface area contributed by atoms with Gasteiger partial charge < -0.3 is 5.32 Å². The molecule has 21 heavy (non-hydrogen) atoms. The van der Waals surface area contributed by atoms with Crippen molar-refractivity contribution in [2.24, 2.45) is 0 Å². The Hall–Kier alpha value is -1.67. The van der Waals surface area contributed by atoms with Gasteiger partial charge in [0.05, 0.1) is 0 Å². The van der Waals surface area contributed by atoms with Gasteiger partial charge in [-0.25, -0.2) is 4.39 Å². The van der Waals surface area contributed by atoms with E-state index in [9.17, 15) is 4.39 Å². The SMILES string of the molecule is CCNC(Cc1ccc(C)c(C)c1)c1cc(C)cc(F)c1. The van der Waals surface area contributed by atoms with Gasteiger partial charge in [0.1, 0.15) is 5.82 Å². The molecule has 1 unspecified atom stereocenters. The minimum atomic E-state index is -0.159. The third kappa shape index (κ3) is 4.15. The van der Waals surface area contributed by atoms with Crippen LogP contribution in [0, 0.1) is 26.6 Å². The lowest BCUT2D eigenvalue weighted by Crippen LogP contribution is -2.23. The highest BCUT2D eigenvalue weighted by Crippen LogP contribution is 2.22. The molecule has 0 radical (unpaired) electrons. The third-order valence-electron chi connectivity index (χ3n) is 3.93. The van der Waals surface area contributed by atoms with E-state index >= 15 is 0 Å². The van der Waals surface area contributed by atoms with E-state index in [1.807, 2.05) is 6.92 Å². The first-order valence-electron chi connectivity index (χ1n) is 7.56. The maximum Gasteiger partial charge on any atom is 0.123 e. The van der Waals surface area contributed by atoms with E-state index in [-0.39, 0.29) is 11.9 Å². The van der Waals surface area contributed by atoms with Crippen LogP contribution in [-0.2, 0) is 6.42 Å². The molecule has 0 aromatic heterocycles. The van der Waals surface area contributed by atoms with Crippen molar-refractivity contribution in [3.63, 3.8) is 0 Å². The van der Waals surface area contributed by atoms with Gasteiger partial charge in [0.15, 0.2) is 0 Å². The van der Waals surface area contributed by atoms with E-state index < -0.39 is 0 Å². The summed E-state index contributed by atoms with van der Waals surface area (Å²) in [4.78, 5) is 0.